The van der Waals surface area contributed by atoms with Gasteiger partial charge in [0.15, 0.2) is 6.04 Å². The van der Waals surface area contributed by atoms with Crippen LogP contribution >= 0.6 is 7.82 Å². The molecule has 0 aromatic heterocycles. The average molecular weight is 786 g/mol. The fraction of sp³-hybridized carbons (Fsp3) is 0.786. The van der Waals surface area contributed by atoms with Gasteiger partial charge < -0.3 is 25.2 Å². The third-order valence-corrected chi connectivity index (χ3v) is 9.89. The molecule has 0 fully saturated rings. The Morgan fingerprint density at radius 2 is 1.07 bits per heavy atom. The first-order chi connectivity index (χ1) is 26.1. The summed E-state index contributed by atoms with van der Waals surface area (Å²) in [7, 11) is -4.76. The Balaban J connectivity index is 3.94. The Hall–Kier alpha value is -2.30. The normalized spacial score (nSPS) is 14.1. The van der Waals surface area contributed by atoms with Crippen molar-refractivity contribution in [3.05, 3.63) is 36.5 Å². The van der Waals surface area contributed by atoms with Crippen LogP contribution in [0.3, 0.4) is 0 Å². The largest absolute Gasteiger partial charge is 0.480 e. The van der Waals surface area contributed by atoms with E-state index >= 15 is 0 Å². The number of amides is 1. The summed E-state index contributed by atoms with van der Waals surface area (Å²) < 4.78 is 26.8. The molecular formula is C42H76NO10P. The summed E-state index contributed by atoms with van der Waals surface area (Å²) in [5.74, 6) is -2.40. The summed E-state index contributed by atoms with van der Waals surface area (Å²) >= 11 is 0. The van der Waals surface area contributed by atoms with E-state index in [4.69, 9.17) is 13.8 Å². The number of nitrogens with one attached hydrogen (secondary N) is 1. The van der Waals surface area contributed by atoms with Crippen molar-refractivity contribution in [1.82, 2.24) is 5.32 Å². The van der Waals surface area contributed by atoms with Crippen molar-refractivity contribution in [2.45, 2.75) is 193 Å². The minimum Gasteiger partial charge on any atom is -0.480 e. The van der Waals surface area contributed by atoms with Crippen molar-refractivity contribution in [3.8, 4) is 0 Å². The van der Waals surface area contributed by atoms with Crippen molar-refractivity contribution in [2.24, 2.45) is 0 Å². The molecule has 0 aliphatic rings. The van der Waals surface area contributed by atoms with Gasteiger partial charge in [-0.25, -0.2) is 9.36 Å². The Bertz CT molecular complexity index is 1060. The number of aliphatic hydroxyl groups is 1. The number of allylic oxidation sites excluding steroid dienone is 6. The number of aliphatic hydroxyl groups excluding tert-OH is 1. The van der Waals surface area contributed by atoms with Crippen LogP contribution < -0.4 is 5.32 Å². The van der Waals surface area contributed by atoms with Gasteiger partial charge in [0.1, 0.15) is 12.7 Å². The number of carboxylic acid groups (broad SMARTS) is 1. The van der Waals surface area contributed by atoms with Crippen molar-refractivity contribution >= 4 is 25.7 Å². The molecule has 0 aliphatic carbocycles. The molecule has 0 radical (unpaired) electrons. The van der Waals surface area contributed by atoms with E-state index < -0.39 is 57.6 Å². The van der Waals surface area contributed by atoms with E-state index in [1.807, 2.05) is 0 Å². The molecule has 0 aromatic rings. The molecule has 1 amide bonds. The summed E-state index contributed by atoms with van der Waals surface area (Å²) in [5.41, 5.74) is 0. The Morgan fingerprint density at radius 3 is 1.61 bits per heavy atom. The van der Waals surface area contributed by atoms with Crippen LogP contribution in [0.25, 0.3) is 0 Å². The predicted octanol–water partition coefficient (Wildman–Crippen LogP) is 10.4. The number of hydrogen-bond acceptors (Lipinski definition) is 8. The van der Waals surface area contributed by atoms with Crippen LogP contribution in [0.15, 0.2) is 36.5 Å². The lowest BCUT2D eigenvalue weighted by molar-refractivity contribution is -0.147. The number of unbranched alkanes of at least 4 members (excludes halogenated alkanes) is 19. The molecule has 314 valence electrons. The van der Waals surface area contributed by atoms with Gasteiger partial charge in [-0.3, -0.25) is 18.6 Å². The number of ether oxygens (including phenoxy) is 1. The highest BCUT2D eigenvalue weighted by Gasteiger charge is 2.28. The second kappa shape index (κ2) is 37.6. The maximum absolute atomic E-state index is 12.3. The van der Waals surface area contributed by atoms with E-state index in [1.54, 1.807) is 0 Å². The van der Waals surface area contributed by atoms with Crippen LogP contribution in [0, 0.1) is 0 Å². The van der Waals surface area contributed by atoms with E-state index in [0.29, 0.717) is 12.8 Å². The highest BCUT2D eigenvalue weighted by Crippen LogP contribution is 2.43. The maximum atomic E-state index is 12.3. The van der Waals surface area contributed by atoms with Crippen molar-refractivity contribution in [3.63, 3.8) is 0 Å². The quantitative estimate of drug-likeness (QED) is 0.0204. The third kappa shape index (κ3) is 36.7. The summed E-state index contributed by atoms with van der Waals surface area (Å²) in [5, 5.41) is 21.8. The number of phosphoric ester groups is 1. The van der Waals surface area contributed by atoms with Gasteiger partial charge in [0, 0.05) is 12.8 Å². The first kappa shape index (κ1) is 51.7. The Morgan fingerprint density at radius 1 is 0.611 bits per heavy atom. The summed E-state index contributed by atoms with van der Waals surface area (Å²) in [6.45, 7) is 2.45. The lowest BCUT2D eigenvalue weighted by atomic mass is 10.0. The summed E-state index contributed by atoms with van der Waals surface area (Å²) in [4.78, 5) is 45.8. The summed E-state index contributed by atoms with van der Waals surface area (Å²) in [6.07, 6.45) is 38.9. The van der Waals surface area contributed by atoms with Crippen LogP contribution in [0.2, 0.25) is 0 Å². The zero-order valence-corrected chi connectivity index (χ0v) is 34.7. The molecule has 0 heterocycles. The fourth-order valence-corrected chi connectivity index (χ4v) is 6.45. The molecule has 12 heteroatoms. The molecule has 0 bridgehead atoms. The number of carbonyl (C=O) groups is 3. The van der Waals surface area contributed by atoms with Crippen LogP contribution in [0.4, 0.5) is 0 Å². The molecule has 3 unspecified atom stereocenters. The van der Waals surface area contributed by atoms with Gasteiger partial charge in [-0.05, 0) is 44.9 Å². The van der Waals surface area contributed by atoms with Crippen LogP contribution in [0.5, 0.6) is 0 Å². The van der Waals surface area contributed by atoms with Crippen LogP contribution in [0.1, 0.15) is 181 Å². The van der Waals surface area contributed by atoms with Crippen molar-refractivity contribution in [2.75, 3.05) is 19.8 Å². The van der Waals surface area contributed by atoms with Crippen molar-refractivity contribution < 1.29 is 47.8 Å². The second-order valence-corrected chi connectivity index (χ2v) is 15.6. The number of carbonyl (C=O) groups excluding carboxylic acids is 2. The molecule has 0 saturated heterocycles. The predicted molar refractivity (Wildman–Crippen MR) is 217 cm³/mol. The molecule has 0 spiro atoms. The van der Waals surface area contributed by atoms with Gasteiger partial charge >= 0.3 is 19.8 Å². The molecule has 4 N–H and O–H groups in total. The Labute approximate surface area is 327 Å². The van der Waals surface area contributed by atoms with Crippen LogP contribution in [-0.2, 0) is 32.7 Å². The monoisotopic (exact) mass is 786 g/mol. The first-order valence-electron chi connectivity index (χ1n) is 21.0. The standard InChI is InChI=1S/C42H76NO10P/c1-3-5-7-9-11-13-15-17-18-19-20-22-23-25-27-29-31-33-40(45)43-39(42(47)48)37-53-54(49,50)52-36-38(44)35-51-41(46)34-32-30-28-26-24-21-16-14-12-10-8-6-4-2/h6,8,12,14,21,24,38-39,44H,3-5,7,9-11,13,15-20,22-23,25-37H2,1-2H3,(H,43,45)(H,47,48)(H,49,50)/b8-6-,14-12-,24-21-. The molecule has 54 heavy (non-hydrogen) atoms. The summed E-state index contributed by atoms with van der Waals surface area (Å²) in [6, 6.07) is -1.55. The highest BCUT2D eigenvalue weighted by molar-refractivity contribution is 7.47. The molecule has 0 aromatic carbocycles. The number of hydrogen-bond donors (Lipinski definition) is 4. The van der Waals surface area contributed by atoms with Gasteiger partial charge in [0.05, 0.1) is 13.2 Å². The number of aliphatic carboxylic acids is 1. The molecular weight excluding hydrogens is 709 g/mol. The molecule has 0 rings (SSSR count). The smallest absolute Gasteiger partial charge is 0.472 e. The van der Waals surface area contributed by atoms with E-state index in [9.17, 15) is 34.1 Å². The average Bonchev–Trinajstić information content (AvgIpc) is 3.14. The number of carboxylic acids is 1. The van der Waals surface area contributed by atoms with Gasteiger partial charge in [-0.15, -0.1) is 0 Å². The minimum atomic E-state index is -4.76. The molecule has 0 aliphatic heterocycles. The molecule has 3 atom stereocenters. The van der Waals surface area contributed by atoms with E-state index in [-0.39, 0.29) is 12.8 Å². The number of phosphoric acid groups is 1. The molecule has 0 saturated carbocycles. The first-order valence-corrected chi connectivity index (χ1v) is 22.5. The Kier molecular flexibility index (Phi) is 36.0. The topological polar surface area (TPSA) is 169 Å². The SMILES string of the molecule is CC/C=C\C/C=C\C/C=C\CCCCCC(=O)OCC(O)COP(=O)(O)OCC(NC(=O)CCCCCCCCCCCCCCCCCCC)C(=O)O. The van der Waals surface area contributed by atoms with Crippen LogP contribution in [-0.4, -0.2) is 64.9 Å². The highest BCUT2D eigenvalue weighted by atomic mass is 31.2. The van der Waals surface area contributed by atoms with Gasteiger partial charge in [-0.1, -0.05) is 159 Å². The zero-order chi connectivity index (χ0) is 40.0. The second-order valence-electron chi connectivity index (χ2n) is 14.2. The lowest BCUT2D eigenvalue weighted by Crippen LogP contribution is -2.43. The van der Waals surface area contributed by atoms with Gasteiger partial charge in [-0.2, -0.15) is 0 Å². The van der Waals surface area contributed by atoms with Crippen molar-refractivity contribution in [1.29, 1.82) is 0 Å². The minimum absolute atomic E-state index is 0.147. The molecule has 11 nitrogen and oxygen atoms in total. The fourth-order valence-electron chi connectivity index (χ4n) is 5.68. The van der Waals surface area contributed by atoms with Gasteiger partial charge in [0.2, 0.25) is 5.91 Å². The van der Waals surface area contributed by atoms with E-state index in [2.05, 4.69) is 55.6 Å². The zero-order valence-electron chi connectivity index (χ0n) is 33.8. The number of esters is 1. The maximum Gasteiger partial charge on any atom is 0.472 e. The third-order valence-electron chi connectivity index (χ3n) is 8.94. The van der Waals surface area contributed by atoms with Gasteiger partial charge in [0.25, 0.3) is 0 Å². The lowest BCUT2D eigenvalue weighted by Gasteiger charge is -2.18. The van der Waals surface area contributed by atoms with E-state index in [1.165, 1.54) is 83.5 Å². The van der Waals surface area contributed by atoms with E-state index in [0.717, 1.165) is 57.8 Å². The number of rotatable bonds is 39.